The first-order valence-corrected chi connectivity index (χ1v) is 11.0. The standard InChI is InChI=1S/C20H22ClFN2O3S/c1-2-24(18-7-5-17(22)6-8-18)20(25)15-11-13-23(14-12-15)28(26,27)19-9-3-16(21)4-10-19/h3-10,15H,2,11-14H2,1H3. The lowest BCUT2D eigenvalue weighted by atomic mass is 9.96. The molecular formula is C20H22ClFN2O3S. The van der Waals surface area contributed by atoms with E-state index in [1.54, 1.807) is 29.2 Å². The van der Waals surface area contributed by atoms with E-state index in [9.17, 15) is 17.6 Å². The Morgan fingerprint density at radius 1 is 1.11 bits per heavy atom. The third-order valence-corrected chi connectivity index (χ3v) is 7.14. The van der Waals surface area contributed by atoms with Gasteiger partial charge in [-0.25, -0.2) is 12.8 Å². The van der Waals surface area contributed by atoms with Crippen LogP contribution in [0.2, 0.25) is 5.02 Å². The normalized spacial score (nSPS) is 16.1. The number of hydrogen-bond donors (Lipinski definition) is 0. The van der Waals surface area contributed by atoms with Crippen molar-refractivity contribution in [3.05, 3.63) is 59.4 Å². The van der Waals surface area contributed by atoms with Crippen LogP contribution in [0.1, 0.15) is 19.8 Å². The van der Waals surface area contributed by atoms with Crippen molar-refractivity contribution in [2.75, 3.05) is 24.5 Å². The highest BCUT2D eigenvalue weighted by molar-refractivity contribution is 7.89. The van der Waals surface area contributed by atoms with Crippen LogP contribution >= 0.6 is 11.6 Å². The number of rotatable bonds is 5. The molecule has 0 atom stereocenters. The van der Waals surface area contributed by atoms with Gasteiger partial charge in [-0.15, -0.1) is 0 Å². The average Bonchev–Trinajstić information content (AvgIpc) is 2.70. The lowest BCUT2D eigenvalue weighted by Crippen LogP contribution is -2.44. The van der Waals surface area contributed by atoms with Gasteiger partial charge in [0.15, 0.2) is 0 Å². The molecule has 0 aromatic heterocycles. The summed E-state index contributed by atoms with van der Waals surface area (Å²) in [5.41, 5.74) is 0.644. The number of carbonyl (C=O) groups excluding carboxylic acids is 1. The van der Waals surface area contributed by atoms with Crippen molar-refractivity contribution in [3.63, 3.8) is 0 Å². The molecule has 1 aliphatic rings. The first-order valence-electron chi connectivity index (χ1n) is 9.15. The Morgan fingerprint density at radius 2 is 1.68 bits per heavy atom. The van der Waals surface area contributed by atoms with Gasteiger partial charge < -0.3 is 4.90 Å². The first-order chi connectivity index (χ1) is 13.3. The van der Waals surface area contributed by atoms with Crippen LogP contribution in [-0.2, 0) is 14.8 Å². The highest BCUT2D eigenvalue weighted by Gasteiger charge is 2.33. The number of sulfonamides is 1. The third kappa shape index (κ3) is 4.37. The summed E-state index contributed by atoms with van der Waals surface area (Å²) in [5, 5.41) is 0.476. The van der Waals surface area contributed by atoms with Gasteiger partial charge in [0, 0.05) is 36.3 Å². The quantitative estimate of drug-likeness (QED) is 0.730. The zero-order valence-electron chi connectivity index (χ0n) is 15.5. The number of halogens is 2. The summed E-state index contributed by atoms with van der Waals surface area (Å²) in [6, 6.07) is 11.9. The van der Waals surface area contributed by atoms with Crippen molar-refractivity contribution < 1.29 is 17.6 Å². The molecule has 0 saturated carbocycles. The first kappa shape index (κ1) is 20.8. The maximum atomic E-state index is 13.2. The van der Waals surface area contributed by atoms with Crippen molar-refractivity contribution in [2.24, 2.45) is 5.92 Å². The Morgan fingerprint density at radius 3 is 2.21 bits per heavy atom. The predicted octanol–water partition coefficient (Wildman–Crippen LogP) is 3.93. The highest BCUT2D eigenvalue weighted by atomic mass is 35.5. The van der Waals surface area contributed by atoms with Crippen LogP contribution in [0.25, 0.3) is 0 Å². The minimum absolute atomic E-state index is 0.0577. The number of nitrogens with zero attached hydrogens (tertiary/aromatic N) is 2. The molecule has 0 radical (unpaired) electrons. The van der Waals surface area contributed by atoms with Crippen molar-refractivity contribution in [1.82, 2.24) is 4.31 Å². The average molecular weight is 425 g/mol. The zero-order valence-corrected chi connectivity index (χ0v) is 17.1. The van der Waals surface area contributed by atoms with Crippen LogP contribution in [0.15, 0.2) is 53.4 Å². The van der Waals surface area contributed by atoms with Crippen molar-refractivity contribution >= 4 is 33.2 Å². The maximum Gasteiger partial charge on any atom is 0.243 e. The van der Waals surface area contributed by atoms with E-state index in [0.29, 0.717) is 30.1 Å². The predicted molar refractivity (Wildman–Crippen MR) is 107 cm³/mol. The second-order valence-corrected chi connectivity index (χ2v) is 9.07. The van der Waals surface area contributed by atoms with E-state index in [1.165, 1.54) is 28.6 Å². The minimum Gasteiger partial charge on any atom is -0.312 e. The number of piperidine rings is 1. The molecule has 1 saturated heterocycles. The Bertz CT molecular complexity index is 925. The SMILES string of the molecule is CCN(C(=O)C1CCN(S(=O)(=O)c2ccc(Cl)cc2)CC1)c1ccc(F)cc1. The van der Waals surface area contributed by atoms with E-state index in [0.717, 1.165) is 0 Å². The number of amides is 1. The van der Waals surface area contributed by atoms with Gasteiger partial charge >= 0.3 is 0 Å². The molecule has 0 unspecified atom stereocenters. The molecule has 1 fully saturated rings. The Kier molecular flexibility index (Phi) is 6.37. The van der Waals surface area contributed by atoms with Gasteiger partial charge in [0.05, 0.1) is 4.90 Å². The van der Waals surface area contributed by atoms with E-state index in [1.807, 2.05) is 6.92 Å². The highest BCUT2D eigenvalue weighted by Crippen LogP contribution is 2.27. The van der Waals surface area contributed by atoms with Crippen molar-refractivity contribution in [1.29, 1.82) is 0 Å². The second kappa shape index (κ2) is 8.59. The molecule has 2 aromatic rings. The molecule has 150 valence electrons. The largest absolute Gasteiger partial charge is 0.312 e. The topological polar surface area (TPSA) is 57.7 Å². The van der Waals surface area contributed by atoms with Crippen LogP contribution in [0, 0.1) is 11.7 Å². The van der Waals surface area contributed by atoms with Crippen LogP contribution in [0.4, 0.5) is 10.1 Å². The van der Waals surface area contributed by atoms with E-state index < -0.39 is 10.0 Å². The maximum absolute atomic E-state index is 13.2. The number of anilines is 1. The summed E-state index contributed by atoms with van der Waals surface area (Å²) in [4.78, 5) is 14.7. The van der Waals surface area contributed by atoms with Crippen LogP contribution < -0.4 is 4.90 Å². The lowest BCUT2D eigenvalue weighted by Gasteiger charge is -2.33. The Balaban J connectivity index is 1.68. The van der Waals surface area contributed by atoms with Crippen LogP contribution in [0.3, 0.4) is 0 Å². The van der Waals surface area contributed by atoms with Gasteiger partial charge in [-0.1, -0.05) is 11.6 Å². The fraction of sp³-hybridized carbons (Fsp3) is 0.350. The molecule has 2 aromatic carbocycles. The van der Waals surface area contributed by atoms with E-state index in [4.69, 9.17) is 11.6 Å². The summed E-state index contributed by atoms with van der Waals surface area (Å²) < 4.78 is 40.1. The molecule has 0 N–H and O–H groups in total. The monoisotopic (exact) mass is 424 g/mol. The Labute approximate surface area is 169 Å². The molecular weight excluding hydrogens is 403 g/mol. The van der Waals surface area contributed by atoms with Gasteiger partial charge in [0.1, 0.15) is 5.82 Å². The van der Waals surface area contributed by atoms with Crippen molar-refractivity contribution in [2.45, 2.75) is 24.7 Å². The third-order valence-electron chi connectivity index (χ3n) is 4.98. The molecule has 8 heteroatoms. The molecule has 3 rings (SSSR count). The molecule has 1 amide bonds. The molecule has 0 aliphatic carbocycles. The smallest absolute Gasteiger partial charge is 0.243 e. The second-order valence-electron chi connectivity index (χ2n) is 6.69. The van der Waals surface area contributed by atoms with Crippen LogP contribution in [0.5, 0.6) is 0 Å². The molecule has 1 aliphatic heterocycles. The summed E-state index contributed by atoms with van der Waals surface area (Å²) >= 11 is 5.83. The molecule has 1 heterocycles. The fourth-order valence-electron chi connectivity index (χ4n) is 3.41. The van der Waals surface area contributed by atoms with E-state index in [-0.39, 0.29) is 35.6 Å². The fourth-order valence-corrected chi connectivity index (χ4v) is 5.00. The van der Waals surface area contributed by atoms with Gasteiger partial charge in [-0.3, -0.25) is 4.79 Å². The van der Waals surface area contributed by atoms with Crippen LogP contribution in [-0.4, -0.2) is 38.3 Å². The summed E-state index contributed by atoms with van der Waals surface area (Å²) in [6.45, 7) is 2.89. The van der Waals surface area contributed by atoms with Gasteiger partial charge in [0.25, 0.3) is 0 Å². The van der Waals surface area contributed by atoms with Gasteiger partial charge in [0.2, 0.25) is 15.9 Å². The molecule has 5 nitrogen and oxygen atoms in total. The zero-order chi connectivity index (χ0) is 20.3. The molecule has 28 heavy (non-hydrogen) atoms. The van der Waals surface area contributed by atoms with Gasteiger partial charge in [-0.05, 0) is 68.3 Å². The number of benzene rings is 2. The van der Waals surface area contributed by atoms with E-state index >= 15 is 0 Å². The molecule has 0 bridgehead atoms. The molecule has 0 spiro atoms. The number of hydrogen-bond acceptors (Lipinski definition) is 3. The summed E-state index contributed by atoms with van der Waals surface area (Å²) in [7, 11) is -3.60. The summed E-state index contributed by atoms with van der Waals surface area (Å²) in [6.07, 6.45) is 0.896. The van der Waals surface area contributed by atoms with Crippen molar-refractivity contribution in [3.8, 4) is 0 Å². The lowest BCUT2D eigenvalue weighted by molar-refractivity contribution is -0.123. The summed E-state index contributed by atoms with van der Waals surface area (Å²) in [5.74, 6) is -0.674. The minimum atomic E-state index is -3.60. The van der Waals surface area contributed by atoms with Gasteiger partial charge in [-0.2, -0.15) is 4.31 Å². The Hall–Kier alpha value is -1.96. The van der Waals surface area contributed by atoms with E-state index in [2.05, 4.69) is 0 Å². The number of carbonyl (C=O) groups is 1.